The van der Waals surface area contributed by atoms with Crippen molar-refractivity contribution in [3.05, 3.63) is 29.6 Å². The van der Waals surface area contributed by atoms with Crippen molar-refractivity contribution in [2.75, 3.05) is 12.8 Å². The number of nitrogens with one attached hydrogen (secondary N) is 1. The van der Waals surface area contributed by atoms with Crippen LogP contribution in [-0.2, 0) is 0 Å². The van der Waals surface area contributed by atoms with Gasteiger partial charge in [-0.2, -0.15) is 11.8 Å². The number of phenolic OH excluding ortho intramolecular Hbond substituents is 1. The van der Waals surface area contributed by atoms with Crippen LogP contribution in [0.25, 0.3) is 0 Å². The lowest BCUT2D eigenvalue weighted by Gasteiger charge is -2.25. The highest BCUT2D eigenvalue weighted by Crippen LogP contribution is 2.26. The molecule has 0 bridgehead atoms. The first-order chi connectivity index (χ1) is 7.85. The predicted octanol–water partition coefficient (Wildman–Crippen LogP) is 3.32. The van der Waals surface area contributed by atoms with Crippen LogP contribution in [0.4, 0.5) is 4.39 Å². The van der Waals surface area contributed by atoms with Crippen LogP contribution in [0.15, 0.2) is 18.2 Å². The highest BCUT2D eigenvalue weighted by molar-refractivity contribution is 7.99. The molecular weight excluding hydrogens is 237 g/mol. The largest absolute Gasteiger partial charge is 0.508 e. The second-order valence-electron chi connectivity index (χ2n) is 4.77. The summed E-state index contributed by atoms with van der Waals surface area (Å²) in [5, 5.41) is 13.0. The van der Waals surface area contributed by atoms with E-state index in [9.17, 15) is 9.50 Å². The fourth-order valence-electron chi connectivity index (χ4n) is 1.45. The molecule has 0 fully saturated rings. The summed E-state index contributed by atoms with van der Waals surface area (Å²) in [7, 11) is 0. The molecule has 2 N–H and O–H groups in total. The summed E-state index contributed by atoms with van der Waals surface area (Å²) in [5.41, 5.74) is 0.599. The number of hydrogen-bond donors (Lipinski definition) is 2. The zero-order chi connectivity index (χ0) is 13.1. The molecule has 0 spiro atoms. The second kappa shape index (κ2) is 5.74. The van der Waals surface area contributed by atoms with Crippen molar-refractivity contribution >= 4 is 11.8 Å². The number of phenols is 1. The van der Waals surface area contributed by atoms with Crippen LogP contribution in [0.3, 0.4) is 0 Å². The first kappa shape index (κ1) is 14.3. The van der Waals surface area contributed by atoms with Gasteiger partial charge < -0.3 is 10.4 Å². The topological polar surface area (TPSA) is 32.3 Å². The minimum absolute atomic E-state index is 0.0721. The zero-order valence-corrected chi connectivity index (χ0v) is 11.6. The molecule has 0 aliphatic rings. The molecule has 4 heteroatoms. The molecule has 1 aromatic carbocycles. The molecule has 0 aliphatic heterocycles. The Balaban J connectivity index is 2.70. The van der Waals surface area contributed by atoms with Crippen molar-refractivity contribution in [1.29, 1.82) is 0 Å². The summed E-state index contributed by atoms with van der Waals surface area (Å²) in [6.45, 7) is 7.00. The third kappa shape index (κ3) is 4.21. The molecule has 96 valence electrons. The van der Waals surface area contributed by atoms with Crippen LogP contribution < -0.4 is 5.32 Å². The van der Waals surface area contributed by atoms with Crippen LogP contribution in [0.1, 0.15) is 32.4 Å². The quantitative estimate of drug-likeness (QED) is 0.848. The third-order valence-electron chi connectivity index (χ3n) is 2.84. The highest BCUT2D eigenvalue weighted by Gasteiger charge is 2.18. The Morgan fingerprint density at radius 1 is 1.47 bits per heavy atom. The van der Waals surface area contributed by atoms with Gasteiger partial charge in [0.15, 0.2) is 0 Å². The van der Waals surface area contributed by atoms with E-state index >= 15 is 0 Å². The first-order valence-electron chi connectivity index (χ1n) is 5.62. The Bertz CT molecular complexity index is 382. The van der Waals surface area contributed by atoms with Crippen LogP contribution in [0, 0.1) is 5.82 Å². The molecule has 2 nitrogen and oxygen atoms in total. The van der Waals surface area contributed by atoms with Gasteiger partial charge >= 0.3 is 0 Å². The number of aromatic hydroxyl groups is 1. The number of thioether (sulfide) groups is 1. The minimum atomic E-state index is -0.324. The molecule has 0 heterocycles. The summed E-state index contributed by atoms with van der Waals surface area (Å²) < 4.78 is 13.2. The van der Waals surface area contributed by atoms with E-state index in [1.807, 2.05) is 6.92 Å². The van der Waals surface area contributed by atoms with Crippen LogP contribution >= 0.6 is 11.8 Å². The van der Waals surface area contributed by atoms with E-state index in [2.05, 4.69) is 25.4 Å². The maximum Gasteiger partial charge on any atom is 0.123 e. The molecule has 1 unspecified atom stereocenters. The van der Waals surface area contributed by atoms with Gasteiger partial charge in [-0.15, -0.1) is 0 Å². The number of rotatable bonds is 5. The Morgan fingerprint density at radius 2 is 2.12 bits per heavy atom. The van der Waals surface area contributed by atoms with Crippen LogP contribution in [-0.4, -0.2) is 22.7 Å². The van der Waals surface area contributed by atoms with Gasteiger partial charge in [0.25, 0.3) is 0 Å². The molecule has 0 amide bonds. The van der Waals surface area contributed by atoms with E-state index in [1.165, 1.54) is 18.2 Å². The van der Waals surface area contributed by atoms with Crippen LogP contribution in [0.5, 0.6) is 5.75 Å². The van der Waals surface area contributed by atoms with Crippen molar-refractivity contribution in [3.63, 3.8) is 0 Å². The Hall–Kier alpha value is -0.740. The molecule has 1 atom stereocenters. The lowest BCUT2D eigenvalue weighted by molar-refractivity contribution is 0.444. The maximum absolute atomic E-state index is 13.1. The van der Waals surface area contributed by atoms with Crippen molar-refractivity contribution in [2.24, 2.45) is 0 Å². The fourth-order valence-corrected chi connectivity index (χ4v) is 1.68. The van der Waals surface area contributed by atoms with E-state index in [0.29, 0.717) is 5.56 Å². The smallest absolute Gasteiger partial charge is 0.123 e. The van der Waals surface area contributed by atoms with E-state index in [0.717, 1.165) is 6.54 Å². The average Bonchev–Trinajstić information content (AvgIpc) is 2.29. The molecule has 0 saturated heterocycles. The number of halogens is 1. The molecule has 0 aliphatic carbocycles. The van der Waals surface area contributed by atoms with Gasteiger partial charge in [-0.1, -0.05) is 0 Å². The first-order valence-corrected chi connectivity index (χ1v) is 6.85. The molecule has 1 aromatic rings. The Kier molecular flexibility index (Phi) is 4.83. The van der Waals surface area contributed by atoms with Crippen LogP contribution in [0.2, 0.25) is 0 Å². The van der Waals surface area contributed by atoms with Gasteiger partial charge in [0.2, 0.25) is 0 Å². The van der Waals surface area contributed by atoms with Gasteiger partial charge in [-0.25, -0.2) is 4.39 Å². The summed E-state index contributed by atoms with van der Waals surface area (Å²) in [4.78, 5) is 0. The van der Waals surface area contributed by atoms with Gasteiger partial charge in [0.1, 0.15) is 11.6 Å². The summed E-state index contributed by atoms with van der Waals surface area (Å²) >= 11 is 1.77. The maximum atomic E-state index is 13.1. The average molecular weight is 257 g/mol. The molecule has 0 saturated carbocycles. The SMILES string of the molecule is CSC(C)(C)CNC(C)c1cc(F)ccc1O. The lowest BCUT2D eigenvalue weighted by atomic mass is 10.1. The molecular formula is C13H20FNOS. The Morgan fingerprint density at radius 3 is 2.71 bits per heavy atom. The number of hydrogen-bond acceptors (Lipinski definition) is 3. The molecule has 0 radical (unpaired) electrons. The monoisotopic (exact) mass is 257 g/mol. The highest BCUT2D eigenvalue weighted by atomic mass is 32.2. The van der Waals surface area contributed by atoms with E-state index in [1.54, 1.807) is 11.8 Å². The number of benzene rings is 1. The minimum Gasteiger partial charge on any atom is -0.508 e. The normalized spacial score (nSPS) is 13.7. The summed E-state index contributed by atoms with van der Waals surface area (Å²) in [5.74, 6) is -0.191. The lowest BCUT2D eigenvalue weighted by Crippen LogP contribution is -2.33. The van der Waals surface area contributed by atoms with Crippen molar-refractivity contribution in [3.8, 4) is 5.75 Å². The van der Waals surface area contributed by atoms with E-state index < -0.39 is 0 Å². The zero-order valence-electron chi connectivity index (χ0n) is 10.7. The van der Waals surface area contributed by atoms with E-state index in [4.69, 9.17) is 0 Å². The van der Waals surface area contributed by atoms with E-state index in [-0.39, 0.29) is 22.4 Å². The second-order valence-corrected chi connectivity index (χ2v) is 6.28. The standard InChI is InChI=1S/C13H20FNOS/c1-9(15-8-13(2,3)17-4)11-7-10(14)5-6-12(11)16/h5-7,9,15-16H,8H2,1-4H3. The van der Waals surface area contributed by atoms with Gasteiger partial charge in [-0.3, -0.25) is 0 Å². The van der Waals surface area contributed by atoms with Gasteiger partial charge in [0.05, 0.1) is 0 Å². The summed E-state index contributed by atoms with van der Waals surface area (Å²) in [6.07, 6.45) is 2.06. The summed E-state index contributed by atoms with van der Waals surface area (Å²) in [6, 6.07) is 3.95. The van der Waals surface area contributed by atoms with Crippen molar-refractivity contribution in [2.45, 2.75) is 31.6 Å². The Labute approximate surface area is 107 Å². The molecule has 0 aromatic heterocycles. The fraction of sp³-hybridized carbons (Fsp3) is 0.538. The molecule has 1 rings (SSSR count). The van der Waals surface area contributed by atoms with Gasteiger partial charge in [0, 0.05) is 22.9 Å². The van der Waals surface area contributed by atoms with Crippen molar-refractivity contribution < 1.29 is 9.50 Å². The van der Waals surface area contributed by atoms with Crippen molar-refractivity contribution in [1.82, 2.24) is 5.32 Å². The predicted molar refractivity (Wildman–Crippen MR) is 72.1 cm³/mol. The third-order valence-corrected chi connectivity index (χ3v) is 4.09. The van der Waals surface area contributed by atoms with Gasteiger partial charge in [-0.05, 0) is 45.2 Å². The molecule has 17 heavy (non-hydrogen) atoms.